The first kappa shape index (κ1) is 22.7. The number of anilines is 3. The number of aromatic nitrogens is 3. The second kappa shape index (κ2) is 8.47. The average molecular weight is 455 g/mol. The highest BCUT2D eigenvalue weighted by Crippen LogP contribution is 2.36. The fraction of sp³-hybridized carbons (Fsp3) is 0.500. The predicted molar refractivity (Wildman–Crippen MR) is 124 cm³/mol. The summed E-state index contributed by atoms with van der Waals surface area (Å²) >= 11 is 0. The highest BCUT2D eigenvalue weighted by Gasteiger charge is 2.41. The van der Waals surface area contributed by atoms with E-state index in [2.05, 4.69) is 20.7 Å². The maximum atomic E-state index is 13.0. The van der Waals surface area contributed by atoms with E-state index in [0.29, 0.717) is 43.4 Å². The monoisotopic (exact) mass is 454 g/mol. The van der Waals surface area contributed by atoms with Gasteiger partial charge in [0.05, 0.1) is 18.8 Å². The Morgan fingerprint density at radius 3 is 2.70 bits per heavy atom. The molecule has 2 fully saturated rings. The molecule has 0 radical (unpaired) electrons. The standard InChI is InChI=1S/C22H30N8O3/c1-22(2)9-10-29(20(22)32)18-16(13-28(5)26-18)25-19(31)15-7-6-8-17(24-15)30-12-14(11-27(3)4)23-21(30)33/h6-8,13-14H,9-12H2,1-5H3,(H,23,33)(H,25,31)/t14-/m0/s1. The molecule has 0 unspecified atom stereocenters. The number of hydrogen-bond acceptors (Lipinski definition) is 6. The van der Waals surface area contributed by atoms with Crippen LogP contribution in [0.3, 0.4) is 0 Å². The maximum absolute atomic E-state index is 13.0. The molecule has 0 saturated carbocycles. The summed E-state index contributed by atoms with van der Waals surface area (Å²) in [7, 11) is 5.63. The third-order valence-corrected chi connectivity index (χ3v) is 5.90. The Bertz CT molecular complexity index is 1090. The van der Waals surface area contributed by atoms with Gasteiger partial charge in [0.2, 0.25) is 5.91 Å². The molecule has 11 nitrogen and oxygen atoms in total. The van der Waals surface area contributed by atoms with Crippen molar-refractivity contribution >= 4 is 35.2 Å². The molecule has 33 heavy (non-hydrogen) atoms. The average Bonchev–Trinajstić information content (AvgIpc) is 3.37. The number of urea groups is 1. The Morgan fingerprint density at radius 2 is 2.03 bits per heavy atom. The third-order valence-electron chi connectivity index (χ3n) is 5.90. The summed E-state index contributed by atoms with van der Waals surface area (Å²) in [5.41, 5.74) is 0.139. The second-order valence-corrected chi connectivity index (χ2v) is 9.49. The molecule has 2 saturated heterocycles. The van der Waals surface area contributed by atoms with Gasteiger partial charge in [-0.3, -0.25) is 24.1 Å². The summed E-state index contributed by atoms with van der Waals surface area (Å²) in [5, 5.41) is 10.2. The summed E-state index contributed by atoms with van der Waals surface area (Å²) in [6.07, 6.45) is 2.38. The van der Waals surface area contributed by atoms with Crippen LogP contribution in [0.4, 0.5) is 22.1 Å². The van der Waals surface area contributed by atoms with Crippen LogP contribution in [0.25, 0.3) is 0 Å². The predicted octanol–water partition coefficient (Wildman–Crippen LogP) is 1.29. The maximum Gasteiger partial charge on any atom is 0.323 e. The van der Waals surface area contributed by atoms with Gasteiger partial charge in [-0.25, -0.2) is 9.78 Å². The van der Waals surface area contributed by atoms with E-state index < -0.39 is 11.3 Å². The second-order valence-electron chi connectivity index (χ2n) is 9.49. The van der Waals surface area contributed by atoms with Crippen LogP contribution < -0.4 is 20.4 Å². The first-order chi connectivity index (χ1) is 15.5. The van der Waals surface area contributed by atoms with Crippen molar-refractivity contribution in [2.75, 3.05) is 48.8 Å². The minimum absolute atomic E-state index is 0.0213. The van der Waals surface area contributed by atoms with Crippen LogP contribution in [0.2, 0.25) is 0 Å². The number of nitrogens with one attached hydrogen (secondary N) is 2. The van der Waals surface area contributed by atoms with Gasteiger partial charge in [0.1, 0.15) is 17.2 Å². The van der Waals surface area contributed by atoms with Crippen LogP contribution in [0.1, 0.15) is 30.8 Å². The summed E-state index contributed by atoms with van der Waals surface area (Å²) in [5.74, 6) is 0.359. The van der Waals surface area contributed by atoms with Gasteiger partial charge < -0.3 is 15.5 Å². The van der Waals surface area contributed by atoms with Gasteiger partial charge in [0, 0.05) is 25.6 Å². The molecule has 4 amide bonds. The number of pyridine rings is 1. The number of amides is 4. The van der Waals surface area contributed by atoms with Crippen molar-refractivity contribution in [1.29, 1.82) is 0 Å². The van der Waals surface area contributed by atoms with E-state index in [4.69, 9.17) is 0 Å². The fourth-order valence-corrected chi connectivity index (χ4v) is 4.16. The molecule has 0 aromatic carbocycles. The SMILES string of the molecule is CN(C)C[C@H]1CN(c2cccc(C(=O)Nc3cn(C)nc3N3CCC(C)(C)C3=O)n2)C(=O)N1. The lowest BCUT2D eigenvalue weighted by Crippen LogP contribution is -2.36. The van der Waals surface area contributed by atoms with E-state index in [0.717, 1.165) is 0 Å². The Kier molecular flexibility index (Phi) is 5.83. The fourth-order valence-electron chi connectivity index (χ4n) is 4.16. The van der Waals surface area contributed by atoms with Crippen LogP contribution in [0.5, 0.6) is 0 Å². The normalized spacial score (nSPS) is 20.0. The Hall–Kier alpha value is -3.47. The van der Waals surface area contributed by atoms with E-state index in [1.54, 1.807) is 41.0 Å². The molecule has 11 heteroatoms. The lowest BCUT2D eigenvalue weighted by molar-refractivity contribution is -0.124. The van der Waals surface area contributed by atoms with Crippen molar-refractivity contribution < 1.29 is 14.4 Å². The van der Waals surface area contributed by atoms with E-state index in [1.807, 2.05) is 32.8 Å². The molecule has 176 valence electrons. The van der Waals surface area contributed by atoms with Gasteiger partial charge in [0.25, 0.3) is 5.91 Å². The molecule has 0 aliphatic carbocycles. The first-order valence-electron chi connectivity index (χ1n) is 10.9. The molecular formula is C22H30N8O3. The van der Waals surface area contributed by atoms with Crippen LogP contribution in [0.15, 0.2) is 24.4 Å². The quantitative estimate of drug-likeness (QED) is 0.680. The van der Waals surface area contributed by atoms with Crippen molar-refractivity contribution in [2.24, 2.45) is 12.5 Å². The summed E-state index contributed by atoms with van der Waals surface area (Å²) in [6, 6.07) is 4.73. The van der Waals surface area contributed by atoms with Gasteiger partial charge in [-0.2, -0.15) is 5.10 Å². The number of carbonyl (C=O) groups excluding carboxylic acids is 3. The zero-order valence-electron chi connectivity index (χ0n) is 19.6. The first-order valence-corrected chi connectivity index (χ1v) is 10.9. The number of nitrogens with zero attached hydrogens (tertiary/aromatic N) is 6. The van der Waals surface area contributed by atoms with Crippen LogP contribution in [0, 0.1) is 5.41 Å². The summed E-state index contributed by atoms with van der Waals surface area (Å²) in [6.45, 7) is 5.53. The zero-order chi connectivity index (χ0) is 23.9. The molecular weight excluding hydrogens is 424 g/mol. The number of likely N-dealkylation sites (N-methyl/N-ethyl adjacent to an activating group) is 1. The van der Waals surface area contributed by atoms with E-state index in [9.17, 15) is 14.4 Å². The number of rotatable bonds is 6. The van der Waals surface area contributed by atoms with E-state index in [1.165, 1.54) is 4.90 Å². The minimum atomic E-state index is -0.463. The highest BCUT2D eigenvalue weighted by atomic mass is 16.2. The highest BCUT2D eigenvalue weighted by molar-refractivity contribution is 6.07. The van der Waals surface area contributed by atoms with E-state index in [-0.39, 0.29) is 23.7 Å². The molecule has 2 aromatic heterocycles. The van der Waals surface area contributed by atoms with Gasteiger partial charge in [-0.05, 0) is 32.6 Å². The van der Waals surface area contributed by atoms with Gasteiger partial charge >= 0.3 is 6.03 Å². The molecule has 2 aliphatic heterocycles. The number of hydrogen-bond donors (Lipinski definition) is 2. The smallest absolute Gasteiger partial charge is 0.323 e. The van der Waals surface area contributed by atoms with Crippen molar-refractivity contribution in [3.8, 4) is 0 Å². The summed E-state index contributed by atoms with van der Waals surface area (Å²) < 4.78 is 1.56. The van der Waals surface area contributed by atoms with Gasteiger partial charge in [-0.15, -0.1) is 0 Å². The van der Waals surface area contributed by atoms with Crippen molar-refractivity contribution in [1.82, 2.24) is 25.0 Å². The molecule has 1 atom stereocenters. The topological polar surface area (TPSA) is 116 Å². The molecule has 2 N–H and O–H groups in total. The molecule has 4 rings (SSSR count). The summed E-state index contributed by atoms with van der Waals surface area (Å²) in [4.78, 5) is 47.8. The minimum Gasteiger partial charge on any atom is -0.332 e. The molecule has 2 aromatic rings. The zero-order valence-corrected chi connectivity index (χ0v) is 19.6. The third kappa shape index (κ3) is 4.54. The van der Waals surface area contributed by atoms with Crippen molar-refractivity contribution in [2.45, 2.75) is 26.3 Å². The number of carbonyl (C=O) groups is 3. The van der Waals surface area contributed by atoms with Gasteiger partial charge in [0.15, 0.2) is 5.82 Å². The lowest BCUT2D eigenvalue weighted by Gasteiger charge is -2.19. The Balaban J connectivity index is 1.52. The van der Waals surface area contributed by atoms with Gasteiger partial charge in [-0.1, -0.05) is 19.9 Å². The van der Waals surface area contributed by atoms with Crippen molar-refractivity contribution in [3.05, 3.63) is 30.1 Å². The largest absolute Gasteiger partial charge is 0.332 e. The van der Waals surface area contributed by atoms with Crippen LogP contribution in [-0.2, 0) is 11.8 Å². The molecule has 0 bridgehead atoms. The van der Waals surface area contributed by atoms with Crippen molar-refractivity contribution in [3.63, 3.8) is 0 Å². The van der Waals surface area contributed by atoms with E-state index >= 15 is 0 Å². The Morgan fingerprint density at radius 1 is 1.27 bits per heavy atom. The molecule has 4 heterocycles. The lowest BCUT2D eigenvalue weighted by atomic mass is 9.92. The number of aryl methyl sites for hydroxylation is 1. The molecule has 2 aliphatic rings. The van der Waals surface area contributed by atoms with Crippen LogP contribution >= 0.6 is 0 Å². The van der Waals surface area contributed by atoms with Crippen LogP contribution in [-0.4, -0.2) is 77.3 Å². The Labute approximate surface area is 192 Å². The molecule has 0 spiro atoms.